The fourth-order valence-electron chi connectivity index (χ4n) is 4.88. The van der Waals surface area contributed by atoms with Crippen LogP contribution in [0.25, 0.3) is 0 Å². The second-order valence-corrected chi connectivity index (χ2v) is 11.8. The average Bonchev–Trinajstić information content (AvgIpc) is 3.41. The Morgan fingerprint density at radius 2 is 1.69 bits per heavy atom. The van der Waals surface area contributed by atoms with Gasteiger partial charge in [-0.1, -0.05) is 32.9 Å². The summed E-state index contributed by atoms with van der Waals surface area (Å²) in [5.41, 5.74) is 4.51. The maximum atomic E-state index is 13.2. The Bertz CT molecular complexity index is 1340. The highest BCUT2D eigenvalue weighted by Gasteiger charge is 2.26. The van der Waals surface area contributed by atoms with E-state index in [1.807, 2.05) is 20.2 Å². The van der Waals surface area contributed by atoms with Crippen LogP contribution in [0.15, 0.2) is 28.7 Å². The van der Waals surface area contributed by atoms with Crippen molar-refractivity contribution in [2.24, 2.45) is 5.92 Å². The molecule has 0 radical (unpaired) electrons. The van der Waals surface area contributed by atoms with Gasteiger partial charge in [0.15, 0.2) is 11.4 Å². The van der Waals surface area contributed by atoms with Gasteiger partial charge in [-0.2, -0.15) is 9.97 Å². The Morgan fingerprint density at radius 1 is 1.05 bits per heavy atom. The van der Waals surface area contributed by atoms with Crippen LogP contribution in [0.1, 0.15) is 79.1 Å². The zero-order valence-corrected chi connectivity index (χ0v) is 27.0. The molecule has 1 aromatic carbocycles. The van der Waals surface area contributed by atoms with Crippen molar-refractivity contribution < 1.29 is 23.4 Å². The molecule has 2 heterocycles. The molecular weight excluding hydrogens is 534 g/mol. The Morgan fingerprint density at radius 3 is 2.24 bits per heavy atom. The first-order valence-electron chi connectivity index (χ1n) is 14.3. The van der Waals surface area contributed by atoms with Crippen LogP contribution in [0, 0.1) is 12.8 Å². The second-order valence-electron chi connectivity index (χ2n) is 11.8. The van der Waals surface area contributed by atoms with Crippen molar-refractivity contribution in [3.05, 3.63) is 58.0 Å². The van der Waals surface area contributed by atoms with Crippen molar-refractivity contribution in [3.63, 3.8) is 0 Å². The second kappa shape index (κ2) is 14.0. The van der Waals surface area contributed by atoms with Crippen LogP contribution >= 0.6 is 0 Å². The number of benzene rings is 1. The van der Waals surface area contributed by atoms with Gasteiger partial charge in [0.1, 0.15) is 5.76 Å². The average molecular weight is 582 g/mol. The minimum absolute atomic E-state index is 0.160. The summed E-state index contributed by atoms with van der Waals surface area (Å²) in [6.45, 7) is 14.3. The van der Waals surface area contributed by atoms with Gasteiger partial charge in [-0.15, -0.1) is 0 Å². The van der Waals surface area contributed by atoms with E-state index in [4.69, 9.17) is 18.6 Å². The molecule has 1 unspecified atom stereocenters. The van der Waals surface area contributed by atoms with E-state index in [0.29, 0.717) is 36.5 Å². The van der Waals surface area contributed by atoms with Gasteiger partial charge in [-0.3, -0.25) is 4.79 Å². The van der Waals surface area contributed by atoms with Crippen LogP contribution in [-0.4, -0.2) is 69.3 Å². The van der Waals surface area contributed by atoms with Crippen molar-refractivity contribution in [1.82, 2.24) is 14.9 Å². The Hall–Kier alpha value is -3.63. The van der Waals surface area contributed by atoms with Gasteiger partial charge in [0.25, 0.3) is 5.91 Å². The van der Waals surface area contributed by atoms with E-state index >= 15 is 0 Å². The molecule has 42 heavy (non-hydrogen) atoms. The number of aryl methyl sites for hydroxylation is 1. The van der Waals surface area contributed by atoms with Crippen molar-refractivity contribution >= 4 is 17.5 Å². The monoisotopic (exact) mass is 581 g/mol. The van der Waals surface area contributed by atoms with Gasteiger partial charge in [0, 0.05) is 26.6 Å². The molecule has 0 aliphatic carbocycles. The third-order valence-electron chi connectivity index (χ3n) is 7.29. The lowest BCUT2D eigenvalue weighted by atomic mass is 9.84. The summed E-state index contributed by atoms with van der Waals surface area (Å²) in [5, 5.41) is 6.02. The molecule has 10 heteroatoms. The van der Waals surface area contributed by atoms with Crippen molar-refractivity contribution in [2.45, 2.75) is 59.5 Å². The van der Waals surface area contributed by atoms with Crippen molar-refractivity contribution in [1.29, 1.82) is 0 Å². The smallest absolute Gasteiger partial charge is 0.291 e. The standard InChI is InChI=1S/C32H47N5O5/c1-19(2)24-16-22(21(4)14-25(24)32(5,6)41-11)15-23-12-13-26(42-23)28(38)34-27-29(39-9)35-31(36-30(27)40-10)33-17-20(3)18-37(7)8/h12-14,16,19-20H,15,17-18H2,1-11H3,(H,34,38)(H,33,35,36). The minimum Gasteiger partial charge on any atom is -0.479 e. The van der Waals surface area contributed by atoms with Gasteiger partial charge < -0.3 is 34.2 Å². The fraction of sp³-hybridized carbons (Fsp3) is 0.531. The van der Waals surface area contributed by atoms with E-state index < -0.39 is 11.5 Å². The third kappa shape index (κ3) is 8.01. The number of aromatic nitrogens is 2. The number of ether oxygens (including phenoxy) is 3. The van der Waals surface area contributed by atoms with Crippen molar-refractivity contribution in [3.8, 4) is 11.8 Å². The minimum atomic E-state index is -0.460. The highest BCUT2D eigenvalue weighted by atomic mass is 16.5. The van der Waals surface area contributed by atoms with E-state index in [-0.39, 0.29) is 23.2 Å². The molecule has 0 spiro atoms. The molecule has 2 N–H and O–H groups in total. The molecular formula is C32H47N5O5. The van der Waals surface area contributed by atoms with Gasteiger partial charge in [0.05, 0.1) is 19.8 Å². The molecule has 0 saturated carbocycles. The Balaban J connectivity index is 1.80. The quantitative estimate of drug-likeness (QED) is 0.242. The van der Waals surface area contributed by atoms with Crippen LogP contribution in [-0.2, 0) is 16.8 Å². The molecule has 3 aromatic rings. The maximum absolute atomic E-state index is 13.2. The molecule has 0 aliphatic rings. The summed E-state index contributed by atoms with van der Waals surface area (Å²) < 4.78 is 22.7. The zero-order chi connectivity index (χ0) is 31.2. The Kier molecular flexibility index (Phi) is 11.0. The number of furan rings is 1. The van der Waals surface area contributed by atoms with E-state index in [1.54, 1.807) is 13.2 Å². The highest BCUT2D eigenvalue weighted by Crippen LogP contribution is 2.35. The molecule has 2 aromatic heterocycles. The number of nitrogens with zero attached hydrogens (tertiary/aromatic N) is 3. The highest BCUT2D eigenvalue weighted by molar-refractivity contribution is 6.03. The van der Waals surface area contributed by atoms with Crippen LogP contribution in [0.3, 0.4) is 0 Å². The van der Waals surface area contributed by atoms with Crippen LogP contribution in [0.2, 0.25) is 0 Å². The van der Waals surface area contributed by atoms with Crippen LogP contribution < -0.4 is 20.1 Å². The predicted octanol–water partition coefficient (Wildman–Crippen LogP) is 5.85. The molecule has 0 fully saturated rings. The molecule has 10 nitrogen and oxygen atoms in total. The molecule has 0 saturated heterocycles. The van der Waals surface area contributed by atoms with Gasteiger partial charge >= 0.3 is 0 Å². The third-order valence-corrected chi connectivity index (χ3v) is 7.29. The fourth-order valence-corrected chi connectivity index (χ4v) is 4.88. The molecule has 1 atom stereocenters. The number of amides is 1. The number of anilines is 2. The number of carbonyl (C=O) groups is 1. The van der Waals surface area contributed by atoms with Gasteiger partial charge in [-0.25, -0.2) is 0 Å². The summed E-state index contributed by atoms with van der Waals surface area (Å²) in [4.78, 5) is 24.2. The summed E-state index contributed by atoms with van der Waals surface area (Å²) >= 11 is 0. The zero-order valence-electron chi connectivity index (χ0n) is 27.0. The summed E-state index contributed by atoms with van der Waals surface area (Å²) in [6, 6.07) is 7.91. The molecule has 0 bridgehead atoms. The largest absolute Gasteiger partial charge is 0.479 e. The lowest BCUT2D eigenvalue weighted by Crippen LogP contribution is -2.25. The first kappa shape index (κ1) is 32.9. The van der Waals surface area contributed by atoms with E-state index in [1.165, 1.54) is 25.3 Å². The number of nitrogens with one attached hydrogen (secondary N) is 2. The van der Waals surface area contributed by atoms with Crippen LogP contribution in [0.5, 0.6) is 11.8 Å². The molecule has 1 amide bonds. The number of methoxy groups -OCH3 is 3. The van der Waals surface area contributed by atoms with E-state index in [2.05, 4.69) is 79.2 Å². The molecule has 230 valence electrons. The lowest BCUT2D eigenvalue weighted by molar-refractivity contribution is 0.0182. The normalized spacial score (nSPS) is 12.5. The maximum Gasteiger partial charge on any atom is 0.291 e. The van der Waals surface area contributed by atoms with Gasteiger partial charge in [-0.05, 0) is 81.1 Å². The summed E-state index contributed by atoms with van der Waals surface area (Å²) in [6.07, 6.45) is 0.550. The number of rotatable bonds is 14. The number of carbonyl (C=O) groups excluding carboxylic acids is 1. The van der Waals surface area contributed by atoms with Crippen molar-refractivity contribution in [2.75, 3.05) is 59.1 Å². The first-order chi connectivity index (χ1) is 19.8. The molecule has 0 aliphatic heterocycles. The Labute approximate surface area is 250 Å². The SMILES string of the molecule is COc1nc(NCC(C)CN(C)C)nc(OC)c1NC(=O)c1ccc(Cc2cc(C(C)C)c(C(C)(C)OC)cc2C)o1. The number of hydrogen-bond acceptors (Lipinski definition) is 9. The topological polar surface area (TPSA) is 111 Å². The van der Waals surface area contributed by atoms with E-state index in [0.717, 1.165) is 17.7 Å². The van der Waals surface area contributed by atoms with Gasteiger partial charge in [0.2, 0.25) is 17.7 Å². The van der Waals surface area contributed by atoms with Crippen LogP contribution in [0.4, 0.5) is 11.6 Å². The number of hydrogen-bond donors (Lipinski definition) is 2. The predicted molar refractivity (Wildman–Crippen MR) is 166 cm³/mol. The molecule has 3 rings (SSSR count). The lowest BCUT2D eigenvalue weighted by Gasteiger charge is -2.29. The summed E-state index contributed by atoms with van der Waals surface area (Å²) in [5.74, 6) is 1.78. The summed E-state index contributed by atoms with van der Waals surface area (Å²) in [7, 11) is 8.76. The van der Waals surface area contributed by atoms with E-state index in [9.17, 15) is 4.79 Å². The first-order valence-corrected chi connectivity index (χ1v) is 14.3.